The Hall–Kier alpha value is -2.45. The first kappa shape index (κ1) is 15.4. The number of amides is 2. The standard InChI is InChI=1S/C15H19N5O3/c16-7-13(21)17-8-14(22)18-9-3-4-10-11(6-9)20-15(19-10)12-2-1-5-23-12/h3-4,6,12H,1-2,5,7-8,16H2,(H,17,21)(H,18,22)(H,19,20). The molecule has 1 aliphatic heterocycles. The van der Waals surface area contributed by atoms with Gasteiger partial charge in [0, 0.05) is 12.3 Å². The zero-order chi connectivity index (χ0) is 16.2. The number of carbonyl (C=O) groups excluding carboxylic acids is 2. The number of benzene rings is 1. The number of nitrogens with two attached hydrogens (primary N) is 1. The van der Waals surface area contributed by atoms with Gasteiger partial charge < -0.3 is 26.1 Å². The molecule has 1 fully saturated rings. The summed E-state index contributed by atoms with van der Waals surface area (Å²) in [5, 5.41) is 5.14. The smallest absolute Gasteiger partial charge is 0.243 e. The molecule has 2 amide bonds. The molecule has 1 aromatic heterocycles. The first-order valence-corrected chi connectivity index (χ1v) is 7.53. The summed E-state index contributed by atoms with van der Waals surface area (Å²) in [4.78, 5) is 30.6. The lowest BCUT2D eigenvalue weighted by Gasteiger charge is -2.06. The average Bonchev–Trinajstić information content (AvgIpc) is 3.20. The second-order valence-electron chi connectivity index (χ2n) is 5.38. The molecule has 2 heterocycles. The van der Waals surface area contributed by atoms with Crippen molar-refractivity contribution in [2.75, 3.05) is 25.0 Å². The third-order valence-electron chi connectivity index (χ3n) is 3.65. The van der Waals surface area contributed by atoms with Crippen LogP contribution in [0.5, 0.6) is 0 Å². The van der Waals surface area contributed by atoms with E-state index in [1.54, 1.807) is 6.07 Å². The SMILES string of the molecule is NCC(=O)NCC(=O)Nc1ccc2nc(C3CCCO3)[nH]c2c1. The molecule has 5 N–H and O–H groups in total. The molecule has 2 aromatic rings. The highest BCUT2D eigenvalue weighted by atomic mass is 16.5. The summed E-state index contributed by atoms with van der Waals surface area (Å²) < 4.78 is 5.61. The first-order chi connectivity index (χ1) is 11.2. The molecule has 1 unspecified atom stereocenters. The van der Waals surface area contributed by atoms with Gasteiger partial charge in [0.25, 0.3) is 0 Å². The van der Waals surface area contributed by atoms with E-state index >= 15 is 0 Å². The van der Waals surface area contributed by atoms with Crippen molar-refractivity contribution >= 4 is 28.5 Å². The van der Waals surface area contributed by atoms with Crippen LogP contribution in [-0.4, -0.2) is 41.5 Å². The molecule has 1 aliphatic rings. The van der Waals surface area contributed by atoms with E-state index in [0.29, 0.717) is 5.69 Å². The summed E-state index contributed by atoms with van der Waals surface area (Å²) in [5.41, 5.74) is 7.45. The molecule has 0 saturated carbocycles. The van der Waals surface area contributed by atoms with Gasteiger partial charge in [0.05, 0.1) is 24.1 Å². The van der Waals surface area contributed by atoms with E-state index in [0.717, 1.165) is 36.3 Å². The Labute approximate surface area is 132 Å². The summed E-state index contributed by atoms with van der Waals surface area (Å²) in [5.74, 6) is 0.131. The van der Waals surface area contributed by atoms with Crippen molar-refractivity contribution in [3.05, 3.63) is 24.0 Å². The van der Waals surface area contributed by atoms with Crippen LogP contribution in [0, 0.1) is 0 Å². The molecule has 1 atom stereocenters. The molecule has 122 valence electrons. The van der Waals surface area contributed by atoms with Crippen LogP contribution in [0.3, 0.4) is 0 Å². The minimum Gasteiger partial charge on any atom is -0.370 e. The highest BCUT2D eigenvalue weighted by molar-refractivity contribution is 5.96. The van der Waals surface area contributed by atoms with E-state index in [4.69, 9.17) is 10.5 Å². The minimum absolute atomic E-state index is 0.0203. The van der Waals surface area contributed by atoms with Gasteiger partial charge in [-0.1, -0.05) is 0 Å². The van der Waals surface area contributed by atoms with E-state index in [9.17, 15) is 9.59 Å². The molecular weight excluding hydrogens is 298 g/mol. The molecule has 8 heteroatoms. The number of anilines is 1. The van der Waals surface area contributed by atoms with Crippen molar-refractivity contribution in [3.63, 3.8) is 0 Å². The largest absolute Gasteiger partial charge is 0.370 e. The highest BCUT2D eigenvalue weighted by Gasteiger charge is 2.21. The number of H-pyrrole nitrogens is 1. The number of aromatic nitrogens is 2. The van der Waals surface area contributed by atoms with Crippen LogP contribution in [0.2, 0.25) is 0 Å². The number of imidazole rings is 1. The molecule has 3 rings (SSSR count). The molecule has 1 saturated heterocycles. The van der Waals surface area contributed by atoms with Gasteiger partial charge in [0.15, 0.2) is 0 Å². The second kappa shape index (κ2) is 6.76. The average molecular weight is 317 g/mol. The number of nitrogens with one attached hydrogen (secondary N) is 3. The summed E-state index contributed by atoms with van der Waals surface area (Å²) in [6.45, 7) is 0.509. The van der Waals surface area contributed by atoms with Gasteiger partial charge in [-0.25, -0.2) is 4.98 Å². The van der Waals surface area contributed by atoms with Gasteiger partial charge in [-0.3, -0.25) is 9.59 Å². The van der Waals surface area contributed by atoms with Gasteiger partial charge in [-0.15, -0.1) is 0 Å². The molecule has 23 heavy (non-hydrogen) atoms. The lowest BCUT2D eigenvalue weighted by molar-refractivity contribution is -0.123. The van der Waals surface area contributed by atoms with Crippen molar-refractivity contribution in [2.45, 2.75) is 18.9 Å². The quantitative estimate of drug-likeness (QED) is 0.637. The number of aromatic amines is 1. The molecular formula is C15H19N5O3. The van der Waals surface area contributed by atoms with Gasteiger partial charge in [-0.05, 0) is 31.0 Å². The fourth-order valence-electron chi connectivity index (χ4n) is 2.51. The maximum Gasteiger partial charge on any atom is 0.243 e. The zero-order valence-corrected chi connectivity index (χ0v) is 12.6. The Morgan fingerprint density at radius 3 is 3.00 bits per heavy atom. The van der Waals surface area contributed by atoms with Gasteiger partial charge in [0.1, 0.15) is 11.9 Å². The third-order valence-corrected chi connectivity index (χ3v) is 3.65. The predicted molar refractivity (Wildman–Crippen MR) is 84.7 cm³/mol. The number of rotatable bonds is 5. The van der Waals surface area contributed by atoms with E-state index in [1.807, 2.05) is 12.1 Å². The predicted octanol–water partition coefficient (Wildman–Crippen LogP) is 0.428. The number of hydrogen-bond acceptors (Lipinski definition) is 5. The summed E-state index contributed by atoms with van der Waals surface area (Å²) >= 11 is 0. The Bertz CT molecular complexity index is 721. The number of fused-ring (bicyclic) bond motifs is 1. The molecule has 0 spiro atoms. The van der Waals surface area contributed by atoms with Crippen molar-refractivity contribution in [2.24, 2.45) is 5.73 Å². The van der Waals surface area contributed by atoms with Gasteiger partial charge in [-0.2, -0.15) is 0 Å². The normalized spacial score (nSPS) is 17.3. The lowest BCUT2D eigenvalue weighted by atomic mass is 10.2. The number of nitrogens with zero attached hydrogens (tertiary/aromatic N) is 1. The van der Waals surface area contributed by atoms with Crippen LogP contribution < -0.4 is 16.4 Å². The van der Waals surface area contributed by atoms with Crippen LogP contribution in [0.25, 0.3) is 11.0 Å². The van der Waals surface area contributed by atoms with Crippen LogP contribution in [0.4, 0.5) is 5.69 Å². The Morgan fingerprint density at radius 1 is 1.39 bits per heavy atom. The summed E-state index contributed by atoms with van der Waals surface area (Å²) in [7, 11) is 0. The number of carbonyl (C=O) groups is 2. The second-order valence-corrected chi connectivity index (χ2v) is 5.38. The maximum absolute atomic E-state index is 11.8. The molecule has 1 aromatic carbocycles. The molecule has 0 aliphatic carbocycles. The van der Waals surface area contributed by atoms with E-state index in [2.05, 4.69) is 20.6 Å². The number of hydrogen-bond donors (Lipinski definition) is 4. The van der Waals surface area contributed by atoms with Gasteiger partial charge in [0.2, 0.25) is 11.8 Å². The highest BCUT2D eigenvalue weighted by Crippen LogP contribution is 2.28. The first-order valence-electron chi connectivity index (χ1n) is 7.53. The lowest BCUT2D eigenvalue weighted by Crippen LogP contribution is -2.36. The topological polar surface area (TPSA) is 122 Å². The Kier molecular flexibility index (Phi) is 4.54. The minimum atomic E-state index is -0.370. The van der Waals surface area contributed by atoms with E-state index < -0.39 is 0 Å². The van der Waals surface area contributed by atoms with Crippen LogP contribution in [0.15, 0.2) is 18.2 Å². The Balaban J connectivity index is 1.67. The maximum atomic E-state index is 11.8. The molecule has 8 nitrogen and oxygen atoms in total. The van der Waals surface area contributed by atoms with Crippen LogP contribution in [-0.2, 0) is 14.3 Å². The van der Waals surface area contributed by atoms with Crippen molar-refractivity contribution in [1.29, 1.82) is 0 Å². The molecule has 0 bridgehead atoms. The fourth-order valence-corrected chi connectivity index (χ4v) is 2.51. The van der Waals surface area contributed by atoms with Crippen molar-refractivity contribution in [1.82, 2.24) is 15.3 Å². The van der Waals surface area contributed by atoms with Crippen LogP contribution >= 0.6 is 0 Å². The third kappa shape index (κ3) is 3.66. The zero-order valence-electron chi connectivity index (χ0n) is 12.6. The van der Waals surface area contributed by atoms with E-state index in [1.165, 1.54) is 0 Å². The van der Waals surface area contributed by atoms with Crippen molar-refractivity contribution in [3.8, 4) is 0 Å². The summed E-state index contributed by atoms with van der Waals surface area (Å²) in [6.07, 6.45) is 2.02. The van der Waals surface area contributed by atoms with Crippen molar-refractivity contribution < 1.29 is 14.3 Å². The Morgan fingerprint density at radius 2 is 2.26 bits per heavy atom. The van der Waals surface area contributed by atoms with E-state index in [-0.39, 0.29) is 31.0 Å². The monoisotopic (exact) mass is 317 g/mol. The fraction of sp³-hybridized carbons (Fsp3) is 0.400. The number of ether oxygens (including phenoxy) is 1. The van der Waals surface area contributed by atoms with Gasteiger partial charge >= 0.3 is 0 Å². The summed E-state index contributed by atoms with van der Waals surface area (Å²) in [6, 6.07) is 5.41. The molecule has 0 radical (unpaired) electrons. The van der Waals surface area contributed by atoms with Crippen LogP contribution in [0.1, 0.15) is 24.8 Å².